The molecule has 1 aliphatic heterocycles. The normalized spacial score (nSPS) is 30.0. The van der Waals surface area contributed by atoms with Gasteiger partial charge in [0.15, 0.2) is 0 Å². The zero-order chi connectivity index (χ0) is 9.31. The van der Waals surface area contributed by atoms with E-state index in [0.29, 0.717) is 6.04 Å². The lowest BCUT2D eigenvalue weighted by Crippen LogP contribution is -2.35. The fourth-order valence-corrected chi connectivity index (χ4v) is 3.12. The van der Waals surface area contributed by atoms with Gasteiger partial charge in [-0.15, -0.1) is 0 Å². The molecule has 1 heterocycles. The molecule has 0 radical (unpaired) electrons. The molecule has 0 aromatic carbocycles. The molecule has 1 aliphatic carbocycles. The molecule has 1 saturated carbocycles. The Hall–Kier alpha value is -0.0800. The van der Waals surface area contributed by atoms with Crippen LogP contribution in [0.2, 0.25) is 0 Å². The van der Waals surface area contributed by atoms with Crippen molar-refractivity contribution < 1.29 is 0 Å². The molecule has 2 aliphatic rings. The monoisotopic (exact) mass is 182 g/mol. The summed E-state index contributed by atoms with van der Waals surface area (Å²) in [6.07, 6.45) is 7.31. The molecule has 2 N–H and O–H groups in total. The molecule has 2 rings (SSSR count). The Morgan fingerprint density at radius 3 is 2.62 bits per heavy atom. The summed E-state index contributed by atoms with van der Waals surface area (Å²) in [5.74, 6) is 0. The lowest BCUT2D eigenvalue weighted by molar-refractivity contribution is 0.254. The van der Waals surface area contributed by atoms with Crippen LogP contribution in [0, 0.1) is 5.41 Å². The fraction of sp³-hybridized carbons (Fsp3) is 1.00. The molecular formula is C11H22N2. The molecule has 1 saturated heterocycles. The first-order chi connectivity index (χ1) is 6.20. The second-order valence-corrected chi connectivity index (χ2v) is 5.17. The molecule has 76 valence electrons. The maximum atomic E-state index is 5.82. The predicted molar refractivity (Wildman–Crippen MR) is 55.6 cm³/mol. The van der Waals surface area contributed by atoms with Crippen molar-refractivity contribution in [2.24, 2.45) is 11.1 Å². The van der Waals surface area contributed by atoms with E-state index in [9.17, 15) is 0 Å². The summed E-state index contributed by atoms with van der Waals surface area (Å²) in [6, 6.07) is 0.344. The average molecular weight is 182 g/mol. The van der Waals surface area contributed by atoms with Crippen molar-refractivity contribution in [1.82, 2.24) is 4.90 Å². The summed E-state index contributed by atoms with van der Waals surface area (Å²) in [5, 5.41) is 0. The fourth-order valence-electron chi connectivity index (χ4n) is 3.12. The minimum Gasteiger partial charge on any atom is -0.327 e. The van der Waals surface area contributed by atoms with Crippen molar-refractivity contribution in [2.45, 2.75) is 45.1 Å². The highest BCUT2D eigenvalue weighted by atomic mass is 15.2. The van der Waals surface area contributed by atoms with E-state index < -0.39 is 0 Å². The summed E-state index contributed by atoms with van der Waals surface area (Å²) in [4.78, 5) is 2.57. The van der Waals surface area contributed by atoms with Gasteiger partial charge in [0.25, 0.3) is 0 Å². The first-order valence-electron chi connectivity index (χ1n) is 5.68. The summed E-state index contributed by atoms with van der Waals surface area (Å²) in [5.41, 5.74) is 6.53. The van der Waals surface area contributed by atoms with Gasteiger partial charge in [-0.1, -0.05) is 12.8 Å². The molecule has 2 nitrogen and oxygen atoms in total. The highest BCUT2D eigenvalue weighted by Gasteiger charge is 2.39. The van der Waals surface area contributed by atoms with Gasteiger partial charge >= 0.3 is 0 Å². The van der Waals surface area contributed by atoms with Crippen LogP contribution in [0.1, 0.15) is 39.0 Å². The van der Waals surface area contributed by atoms with Crippen molar-refractivity contribution in [3.63, 3.8) is 0 Å². The quantitative estimate of drug-likeness (QED) is 0.703. The number of rotatable bonds is 2. The molecule has 0 aromatic rings. The van der Waals surface area contributed by atoms with Crippen LogP contribution < -0.4 is 5.73 Å². The Kier molecular flexibility index (Phi) is 2.61. The van der Waals surface area contributed by atoms with Crippen LogP contribution in [0.4, 0.5) is 0 Å². The second kappa shape index (κ2) is 3.58. The van der Waals surface area contributed by atoms with Gasteiger partial charge in [0, 0.05) is 19.1 Å². The minimum atomic E-state index is 0.344. The number of nitrogens with zero attached hydrogens (tertiary/aromatic N) is 1. The van der Waals surface area contributed by atoms with Gasteiger partial charge in [-0.2, -0.15) is 0 Å². The standard InChI is InChI=1S/C11H22N2/c1-10(12)8-13-7-6-11(9-13)4-2-3-5-11/h10H,2-9,12H2,1H3/t10-/m1/s1. The molecule has 1 spiro atoms. The summed E-state index contributed by atoms with van der Waals surface area (Å²) in [7, 11) is 0. The second-order valence-electron chi connectivity index (χ2n) is 5.17. The average Bonchev–Trinajstić information content (AvgIpc) is 2.63. The van der Waals surface area contributed by atoms with Gasteiger partial charge in [-0.05, 0) is 38.1 Å². The van der Waals surface area contributed by atoms with Crippen molar-refractivity contribution in [1.29, 1.82) is 0 Å². The van der Waals surface area contributed by atoms with Crippen LogP contribution in [0.3, 0.4) is 0 Å². The minimum absolute atomic E-state index is 0.344. The Balaban J connectivity index is 1.86. The van der Waals surface area contributed by atoms with Crippen molar-refractivity contribution >= 4 is 0 Å². The largest absolute Gasteiger partial charge is 0.327 e. The van der Waals surface area contributed by atoms with Crippen LogP contribution in [0.25, 0.3) is 0 Å². The Labute approximate surface area is 81.5 Å². The molecule has 0 unspecified atom stereocenters. The highest BCUT2D eigenvalue weighted by molar-refractivity contribution is 4.93. The van der Waals surface area contributed by atoms with Gasteiger partial charge in [0.1, 0.15) is 0 Å². The number of likely N-dealkylation sites (tertiary alicyclic amines) is 1. The molecule has 1 atom stereocenters. The lowest BCUT2D eigenvalue weighted by atomic mass is 9.86. The molecular weight excluding hydrogens is 160 g/mol. The summed E-state index contributed by atoms with van der Waals surface area (Å²) in [6.45, 7) is 5.83. The predicted octanol–water partition coefficient (Wildman–Crippen LogP) is 1.60. The summed E-state index contributed by atoms with van der Waals surface area (Å²) >= 11 is 0. The molecule has 2 fully saturated rings. The third-order valence-corrected chi connectivity index (χ3v) is 3.73. The first kappa shape index (κ1) is 9.47. The number of hydrogen-bond acceptors (Lipinski definition) is 2. The topological polar surface area (TPSA) is 29.3 Å². The summed E-state index contributed by atoms with van der Waals surface area (Å²) < 4.78 is 0. The van der Waals surface area contributed by atoms with E-state index in [2.05, 4.69) is 11.8 Å². The van der Waals surface area contributed by atoms with Crippen molar-refractivity contribution in [3.05, 3.63) is 0 Å². The third-order valence-electron chi connectivity index (χ3n) is 3.73. The molecule has 0 bridgehead atoms. The highest BCUT2D eigenvalue weighted by Crippen LogP contribution is 2.45. The van der Waals surface area contributed by atoms with Crippen LogP contribution in [-0.4, -0.2) is 30.6 Å². The van der Waals surface area contributed by atoms with Gasteiger partial charge < -0.3 is 10.6 Å². The first-order valence-corrected chi connectivity index (χ1v) is 5.68. The Morgan fingerprint density at radius 2 is 2.00 bits per heavy atom. The van der Waals surface area contributed by atoms with E-state index in [1.54, 1.807) is 0 Å². The molecule has 13 heavy (non-hydrogen) atoms. The number of hydrogen-bond donors (Lipinski definition) is 1. The van der Waals surface area contributed by atoms with E-state index in [0.717, 1.165) is 12.0 Å². The smallest absolute Gasteiger partial charge is 0.0139 e. The van der Waals surface area contributed by atoms with Gasteiger partial charge in [-0.25, -0.2) is 0 Å². The van der Waals surface area contributed by atoms with Crippen LogP contribution >= 0.6 is 0 Å². The SMILES string of the molecule is C[C@@H](N)CN1CCC2(CCCC2)C1. The molecule has 2 heteroatoms. The van der Waals surface area contributed by atoms with E-state index in [1.807, 2.05) is 0 Å². The lowest BCUT2D eigenvalue weighted by Gasteiger charge is -2.24. The Bertz CT molecular complexity index is 171. The van der Waals surface area contributed by atoms with Crippen molar-refractivity contribution in [2.75, 3.05) is 19.6 Å². The van der Waals surface area contributed by atoms with Gasteiger partial charge in [-0.3, -0.25) is 0 Å². The molecule has 0 aromatic heterocycles. The van der Waals surface area contributed by atoms with E-state index in [1.165, 1.54) is 45.2 Å². The van der Waals surface area contributed by atoms with Gasteiger partial charge in [0.05, 0.1) is 0 Å². The third kappa shape index (κ3) is 2.05. The van der Waals surface area contributed by atoms with Crippen LogP contribution in [0.15, 0.2) is 0 Å². The van der Waals surface area contributed by atoms with E-state index >= 15 is 0 Å². The van der Waals surface area contributed by atoms with E-state index in [4.69, 9.17) is 5.73 Å². The van der Waals surface area contributed by atoms with Crippen LogP contribution in [0.5, 0.6) is 0 Å². The van der Waals surface area contributed by atoms with Crippen molar-refractivity contribution in [3.8, 4) is 0 Å². The zero-order valence-electron chi connectivity index (χ0n) is 8.76. The van der Waals surface area contributed by atoms with E-state index in [-0.39, 0.29) is 0 Å². The zero-order valence-corrected chi connectivity index (χ0v) is 8.76. The Morgan fingerprint density at radius 1 is 1.31 bits per heavy atom. The molecule has 0 amide bonds. The van der Waals surface area contributed by atoms with Gasteiger partial charge in [0.2, 0.25) is 0 Å². The number of nitrogens with two attached hydrogens (primary N) is 1. The maximum Gasteiger partial charge on any atom is 0.0139 e. The maximum absolute atomic E-state index is 5.82. The van der Waals surface area contributed by atoms with Crippen LogP contribution in [-0.2, 0) is 0 Å².